The Morgan fingerprint density at radius 2 is 1.77 bits per heavy atom. The predicted molar refractivity (Wildman–Crippen MR) is 56.5 cm³/mol. The molecule has 0 rings (SSSR count). The second-order valence-corrected chi connectivity index (χ2v) is 3.50. The van der Waals surface area contributed by atoms with E-state index in [2.05, 4.69) is 24.2 Å². The van der Waals surface area contributed by atoms with Crippen LogP contribution in [0.4, 0.5) is 0 Å². The fourth-order valence-corrected chi connectivity index (χ4v) is 1.42. The van der Waals surface area contributed by atoms with Crippen LogP contribution in [0.5, 0.6) is 0 Å². The van der Waals surface area contributed by atoms with Crippen LogP contribution >= 0.6 is 0 Å². The van der Waals surface area contributed by atoms with Gasteiger partial charge in [0.2, 0.25) is 0 Å². The van der Waals surface area contributed by atoms with Crippen molar-refractivity contribution in [1.82, 2.24) is 0 Å². The Morgan fingerprint density at radius 3 is 2.31 bits per heavy atom. The van der Waals surface area contributed by atoms with Crippen LogP contribution in [0, 0.1) is 0 Å². The number of nitrogens with zero attached hydrogens (tertiary/aromatic N) is 2. The van der Waals surface area contributed by atoms with Crippen molar-refractivity contribution >= 4 is 0 Å². The lowest BCUT2D eigenvalue weighted by Gasteiger charge is -2.06. The standard InChI is InChI=1S/C10H23N3/c1-3-5-6-7-8-9-10(4-2)12-13-11/h10H,3-9H2,1-2H3,(H2,11,12). The maximum atomic E-state index is 5.02. The van der Waals surface area contributed by atoms with Crippen molar-refractivity contribution in [2.24, 2.45) is 16.2 Å². The summed E-state index contributed by atoms with van der Waals surface area (Å²) < 4.78 is 0. The van der Waals surface area contributed by atoms with Gasteiger partial charge in [-0.15, -0.1) is 0 Å². The molecule has 1 atom stereocenters. The van der Waals surface area contributed by atoms with Crippen LogP contribution < -0.4 is 5.84 Å². The van der Waals surface area contributed by atoms with Crippen LogP contribution in [0.1, 0.15) is 58.8 Å². The van der Waals surface area contributed by atoms with Gasteiger partial charge in [0.05, 0.1) is 6.04 Å². The first-order valence-corrected chi connectivity index (χ1v) is 5.45. The van der Waals surface area contributed by atoms with Gasteiger partial charge in [-0.2, -0.15) is 5.11 Å². The van der Waals surface area contributed by atoms with Gasteiger partial charge in [0, 0.05) is 0 Å². The van der Waals surface area contributed by atoms with E-state index >= 15 is 0 Å². The lowest BCUT2D eigenvalue weighted by molar-refractivity contribution is 0.514. The molecular formula is C10H23N3. The highest BCUT2D eigenvalue weighted by Crippen LogP contribution is 2.11. The van der Waals surface area contributed by atoms with Gasteiger partial charge in [0.1, 0.15) is 0 Å². The van der Waals surface area contributed by atoms with E-state index < -0.39 is 0 Å². The lowest BCUT2D eigenvalue weighted by Crippen LogP contribution is -2.02. The Kier molecular flexibility index (Phi) is 9.05. The van der Waals surface area contributed by atoms with Crippen LogP contribution in [-0.2, 0) is 0 Å². The lowest BCUT2D eigenvalue weighted by atomic mass is 10.1. The minimum Gasteiger partial charge on any atom is -0.305 e. The van der Waals surface area contributed by atoms with Gasteiger partial charge in [0.25, 0.3) is 0 Å². The van der Waals surface area contributed by atoms with Gasteiger partial charge >= 0.3 is 0 Å². The molecule has 2 N–H and O–H groups in total. The van der Waals surface area contributed by atoms with Crippen molar-refractivity contribution in [3.05, 3.63) is 0 Å². The molecule has 0 heterocycles. The molecule has 0 saturated carbocycles. The molecule has 0 spiro atoms. The summed E-state index contributed by atoms with van der Waals surface area (Å²) in [6, 6.07) is 0.353. The third kappa shape index (κ3) is 7.75. The molecule has 0 aliphatic rings. The molecule has 0 aromatic rings. The van der Waals surface area contributed by atoms with E-state index in [-0.39, 0.29) is 0 Å². The molecule has 78 valence electrons. The van der Waals surface area contributed by atoms with Crippen molar-refractivity contribution < 1.29 is 0 Å². The molecule has 0 bridgehead atoms. The highest BCUT2D eigenvalue weighted by molar-refractivity contribution is 4.61. The fourth-order valence-electron chi connectivity index (χ4n) is 1.42. The zero-order valence-electron chi connectivity index (χ0n) is 9.00. The topological polar surface area (TPSA) is 50.7 Å². The molecule has 0 saturated heterocycles. The molecule has 0 radical (unpaired) electrons. The monoisotopic (exact) mass is 185 g/mol. The van der Waals surface area contributed by atoms with E-state index in [1.54, 1.807) is 0 Å². The summed E-state index contributed by atoms with van der Waals surface area (Å²) in [6.45, 7) is 4.36. The molecule has 3 nitrogen and oxygen atoms in total. The molecule has 1 unspecified atom stereocenters. The second-order valence-electron chi connectivity index (χ2n) is 3.50. The third-order valence-electron chi connectivity index (χ3n) is 2.34. The first-order chi connectivity index (χ1) is 6.35. The maximum Gasteiger partial charge on any atom is 0.0726 e. The number of hydrogen-bond acceptors (Lipinski definition) is 2. The minimum absolute atomic E-state index is 0.353. The maximum absolute atomic E-state index is 5.02. The Hall–Kier alpha value is -0.600. The molecule has 0 aliphatic heterocycles. The van der Waals surface area contributed by atoms with Crippen molar-refractivity contribution in [2.75, 3.05) is 0 Å². The average molecular weight is 185 g/mol. The summed E-state index contributed by atoms with van der Waals surface area (Å²) >= 11 is 0. The molecule has 0 aliphatic carbocycles. The number of rotatable bonds is 8. The zero-order chi connectivity index (χ0) is 9.94. The van der Waals surface area contributed by atoms with Crippen LogP contribution in [0.25, 0.3) is 0 Å². The van der Waals surface area contributed by atoms with Crippen molar-refractivity contribution in [2.45, 2.75) is 64.8 Å². The van der Waals surface area contributed by atoms with Gasteiger partial charge in [-0.1, -0.05) is 51.2 Å². The summed E-state index contributed by atoms with van der Waals surface area (Å²) in [5.74, 6) is 5.02. The van der Waals surface area contributed by atoms with Crippen LogP contribution in [-0.4, -0.2) is 6.04 Å². The van der Waals surface area contributed by atoms with E-state index in [0.29, 0.717) is 6.04 Å². The summed E-state index contributed by atoms with van der Waals surface area (Å²) in [6.07, 6.45) is 8.79. The smallest absolute Gasteiger partial charge is 0.0726 e. The van der Waals surface area contributed by atoms with Crippen molar-refractivity contribution in [3.63, 3.8) is 0 Å². The summed E-state index contributed by atoms with van der Waals surface area (Å²) in [7, 11) is 0. The average Bonchev–Trinajstić information content (AvgIpc) is 2.16. The quantitative estimate of drug-likeness (QED) is 0.268. The van der Waals surface area contributed by atoms with Gasteiger partial charge < -0.3 is 5.84 Å². The molecule has 0 aromatic carbocycles. The third-order valence-corrected chi connectivity index (χ3v) is 2.34. The Bertz CT molecular complexity index is 123. The Balaban J connectivity index is 3.28. The highest BCUT2D eigenvalue weighted by atomic mass is 15.3. The van der Waals surface area contributed by atoms with Crippen LogP contribution in [0.15, 0.2) is 10.3 Å². The van der Waals surface area contributed by atoms with Gasteiger partial charge in [-0.25, -0.2) is 0 Å². The van der Waals surface area contributed by atoms with Gasteiger partial charge in [0.15, 0.2) is 0 Å². The van der Waals surface area contributed by atoms with Crippen molar-refractivity contribution in [1.29, 1.82) is 0 Å². The second kappa shape index (κ2) is 9.49. The molecule has 3 heteroatoms. The van der Waals surface area contributed by atoms with Crippen LogP contribution in [0.3, 0.4) is 0 Å². The minimum atomic E-state index is 0.353. The SMILES string of the molecule is CCCCCCCC(CC)N=NN. The van der Waals surface area contributed by atoms with E-state index in [4.69, 9.17) is 5.84 Å². The Labute approximate surface area is 81.8 Å². The number of hydrogen-bond donors (Lipinski definition) is 1. The molecule has 0 fully saturated rings. The highest BCUT2D eigenvalue weighted by Gasteiger charge is 2.02. The van der Waals surface area contributed by atoms with Crippen LogP contribution in [0.2, 0.25) is 0 Å². The Morgan fingerprint density at radius 1 is 1.08 bits per heavy atom. The number of nitrogens with two attached hydrogens (primary N) is 1. The zero-order valence-corrected chi connectivity index (χ0v) is 9.00. The molecule has 0 amide bonds. The summed E-state index contributed by atoms with van der Waals surface area (Å²) in [5.41, 5.74) is 0. The number of unbranched alkanes of at least 4 members (excludes halogenated alkanes) is 4. The molecular weight excluding hydrogens is 162 g/mol. The first-order valence-electron chi connectivity index (χ1n) is 5.45. The van der Waals surface area contributed by atoms with E-state index in [9.17, 15) is 0 Å². The summed E-state index contributed by atoms with van der Waals surface area (Å²) in [5, 5.41) is 7.31. The van der Waals surface area contributed by atoms with Crippen molar-refractivity contribution in [3.8, 4) is 0 Å². The summed E-state index contributed by atoms with van der Waals surface area (Å²) in [4.78, 5) is 0. The largest absolute Gasteiger partial charge is 0.305 e. The molecule has 0 aromatic heterocycles. The van der Waals surface area contributed by atoms with Gasteiger partial charge in [-0.05, 0) is 12.8 Å². The van der Waals surface area contributed by atoms with Gasteiger partial charge in [-0.3, -0.25) is 0 Å². The predicted octanol–water partition coefficient (Wildman–Crippen LogP) is 3.45. The fraction of sp³-hybridized carbons (Fsp3) is 1.00. The van der Waals surface area contributed by atoms with E-state index in [0.717, 1.165) is 12.8 Å². The molecule has 13 heavy (non-hydrogen) atoms. The van der Waals surface area contributed by atoms with E-state index in [1.807, 2.05) is 0 Å². The van der Waals surface area contributed by atoms with E-state index in [1.165, 1.54) is 32.1 Å². The first kappa shape index (κ1) is 12.4. The normalized spacial score (nSPS) is 13.7.